The van der Waals surface area contributed by atoms with E-state index in [4.69, 9.17) is 13.9 Å². The lowest BCUT2D eigenvalue weighted by Gasteiger charge is -2.17. The first-order valence-corrected chi connectivity index (χ1v) is 6.88. The summed E-state index contributed by atoms with van der Waals surface area (Å²) in [4.78, 5) is 12.2. The zero-order valence-corrected chi connectivity index (χ0v) is 12.9. The predicted octanol–water partition coefficient (Wildman–Crippen LogP) is 3.11. The van der Waals surface area contributed by atoms with Crippen molar-refractivity contribution < 1.29 is 18.7 Å². The van der Waals surface area contributed by atoms with Gasteiger partial charge in [-0.25, -0.2) is 4.79 Å². The highest BCUT2D eigenvalue weighted by atomic mass is 16.5. The Morgan fingerprint density at radius 3 is 2.77 bits per heavy atom. The second kappa shape index (κ2) is 7.51. The number of hydrogen-bond donors (Lipinski definition) is 2. The molecule has 0 radical (unpaired) electrons. The highest BCUT2D eigenvalue weighted by Gasteiger charge is 2.17. The molecule has 0 spiro atoms. The van der Waals surface area contributed by atoms with E-state index >= 15 is 0 Å². The summed E-state index contributed by atoms with van der Waals surface area (Å²) in [6, 6.07) is 8.36. The molecule has 0 aliphatic heterocycles. The summed E-state index contributed by atoms with van der Waals surface area (Å²) >= 11 is 0. The van der Waals surface area contributed by atoms with Gasteiger partial charge >= 0.3 is 6.03 Å². The minimum Gasteiger partial charge on any atom is -0.497 e. The van der Waals surface area contributed by atoms with Crippen molar-refractivity contribution in [3.8, 4) is 5.75 Å². The standard InChI is InChI=1S/C16H20N2O4/c1-11-6-7-12(21-3)9-13(11)17-16(19)18-14(10-20-2)15-5-4-8-22-15/h4-9,14H,10H2,1-3H3,(H2,17,18,19)/t14-/m0/s1. The van der Waals surface area contributed by atoms with Crippen LogP contribution in [0.5, 0.6) is 5.75 Å². The molecule has 0 aliphatic carbocycles. The summed E-state index contributed by atoms with van der Waals surface area (Å²) in [5.41, 5.74) is 1.63. The summed E-state index contributed by atoms with van der Waals surface area (Å²) < 4.78 is 15.6. The molecule has 0 fully saturated rings. The fourth-order valence-corrected chi connectivity index (χ4v) is 2.03. The number of urea groups is 1. The fourth-order valence-electron chi connectivity index (χ4n) is 2.03. The number of hydrogen-bond acceptors (Lipinski definition) is 4. The van der Waals surface area contributed by atoms with Crippen molar-refractivity contribution in [2.75, 3.05) is 26.1 Å². The van der Waals surface area contributed by atoms with E-state index in [0.29, 0.717) is 23.8 Å². The number of carbonyl (C=O) groups excluding carboxylic acids is 1. The molecule has 2 aromatic rings. The third kappa shape index (κ3) is 4.02. The molecule has 2 N–H and O–H groups in total. The molecular weight excluding hydrogens is 284 g/mol. The highest BCUT2D eigenvalue weighted by molar-refractivity contribution is 5.90. The first-order chi connectivity index (χ1) is 10.6. The second-order valence-corrected chi connectivity index (χ2v) is 4.80. The van der Waals surface area contributed by atoms with Gasteiger partial charge in [-0.2, -0.15) is 0 Å². The van der Waals surface area contributed by atoms with Gasteiger partial charge in [-0.3, -0.25) is 0 Å². The van der Waals surface area contributed by atoms with Crippen LogP contribution in [0.15, 0.2) is 41.0 Å². The minimum absolute atomic E-state index is 0.317. The number of furan rings is 1. The molecule has 0 bridgehead atoms. The van der Waals surface area contributed by atoms with Gasteiger partial charge in [0.1, 0.15) is 17.6 Å². The first kappa shape index (κ1) is 15.9. The number of carbonyl (C=O) groups is 1. The number of ether oxygens (including phenoxy) is 2. The summed E-state index contributed by atoms with van der Waals surface area (Å²) in [5, 5.41) is 5.63. The SMILES string of the molecule is COC[C@H](NC(=O)Nc1cc(OC)ccc1C)c1ccco1. The Labute approximate surface area is 129 Å². The Morgan fingerprint density at radius 1 is 1.32 bits per heavy atom. The van der Waals surface area contributed by atoms with Crippen LogP contribution in [0.25, 0.3) is 0 Å². The van der Waals surface area contributed by atoms with E-state index in [1.165, 1.54) is 0 Å². The molecule has 1 aromatic carbocycles. The normalized spacial score (nSPS) is 11.8. The highest BCUT2D eigenvalue weighted by Crippen LogP contribution is 2.22. The Balaban J connectivity index is 2.05. The summed E-state index contributed by atoms with van der Waals surface area (Å²) in [7, 11) is 3.15. The number of rotatable bonds is 6. The molecule has 0 aliphatic rings. The molecule has 6 heteroatoms. The topological polar surface area (TPSA) is 72.7 Å². The van der Waals surface area contributed by atoms with Crippen LogP contribution in [0.4, 0.5) is 10.5 Å². The quantitative estimate of drug-likeness (QED) is 0.860. The van der Waals surface area contributed by atoms with E-state index < -0.39 is 0 Å². The molecule has 1 aromatic heterocycles. The Kier molecular flexibility index (Phi) is 5.43. The molecule has 6 nitrogen and oxygen atoms in total. The van der Waals surface area contributed by atoms with Crippen LogP contribution in [0.2, 0.25) is 0 Å². The molecule has 0 saturated heterocycles. The van der Waals surface area contributed by atoms with Gasteiger partial charge in [-0.15, -0.1) is 0 Å². The van der Waals surface area contributed by atoms with E-state index in [-0.39, 0.29) is 12.1 Å². The molecule has 118 valence electrons. The third-order valence-corrected chi connectivity index (χ3v) is 3.22. The maximum atomic E-state index is 12.2. The van der Waals surface area contributed by atoms with Gasteiger partial charge in [0.25, 0.3) is 0 Å². The van der Waals surface area contributed by atoms with Crippen molar-refractivity contribution in [1.29, 1.82) is 0 Å². The zero-order valence-electron chi connectivity index (χ0n) is 12.9. The van der Waals surface area contributed by atoms with E-state index in [1.54, 1.807) is 38.7 Å². The zero-order chi connectivity index (χ0) is 15.9. The second-order valence-electron chi connectivity index (χ2n) is 4.80. The Morgan fingerprint density at radius 2 is 2.14 bits per heavy atom. The molecule has 2 amide bonds. The monoisotopic (exact) mass is 304 g/mol. The maximum absolute atomic E-state index is 12.2. The molecule has 22 heavy (non-hydrogen) atoms. The lowest BCUT2D eigenvalue weighted by molar-refractivity contribution is 0.159. The van der Waals surface area contributed by atoms with Crippen molar-refractivity contribution in [3.05, 3.63) is 47.9 Å². The first-order valence-electron chi connectivity index (χ1n) is 6.88. The number of benzene rings is 1. The van der Waals surface area contributed by atoms with Crippen LogP contribution in [0.1, 0.15) is 17.4 Å². The van der Waals surface area contributed by atoms with E-state index in [2.05, 4.69) is 10.6 Å². The molecule has 1 atom stereocenters. The van der Waals surface area contributed by atoms with E-state index in [9.17, 15) is 4.79 Å². The van der Waals surface area contributed by atoms with Crippen molar-refractivity contribution in [2.24, 2.45) is 0 Å². The van der Waals surface area contributed by atoms with Crippen LogP contribution < -0.4 is 15.4 Å². The fraction of sp³-hybridized carbons (Fsp3) is 0.312. The lowest BCUT2D eigenvalue weighted by atomic mass is 10.2. The maximum Gasteiger partial charge on any atom is 0.319 e. The van der Waals surface area contributed by atoms with Crippen LogP contribution in [-0.2, 0) is 4.74 Å². The predicted molar refractivity (Wildman–Crippen MR) is 83.2 cm³/mol. The summed E-state index contributed by atoms with van der Waals surface area (Å²) in [5.74, 6) is 1.32. The van der Waals surface area contributed by atoms with Gasteiger partial charge in [-0.1, -0.05) is 6.07 Å². The average Bonchev–Trinajstić information content (AvgIpc) is 3.03. The number of amides is 2. The largest absolute Gasteiger partial charge is 0.497 e. The van der Waals surface area contributed by atoms with E-state index in [0.717, 1.165) is 5.56 Å². The van der Waals surface area contributed by atoms with Gasteiger partial charge in [-0.05, 0) is 30.7 Å². The van der Waals surface area contributed by atoms with Crippen LogP contribution >= 0.6 is 0 Å². The number of nitrogens with one attached hydrogen (secondary N) is 2. The number of methoxy groups -OCH3 is 2. The van der Waals surface area contributed by atoms with Crippen molar-refractivity contribution in [2.45, 2.75) is 13.0 Å². The Bertz CT molecular complexity index is 611. The Hall–Kier alpha value is -2.47. The molecule has 1 heterocycles. The van der Waals surface area contributed by atoms with Crippen molar-refractivity contribution in [3.63, 3.8) is 0 Å². The molecule has 2 rings (SSSR count). The van der Waals surface area contributed by atoms with Gasteiger partial charge in [0, 0.05) is 18.9 Å². The number of aryl methyl sites for hydroxylation is 1. The minimum atomic E-state index is -0.356. The van der Waals surface area contributed by atoms with Gasteiger partial charge in [0.15, 0.2) is 0 Å². The van der Waals surface area contributed by atoms with Gasteiger partial charge < -0.3 is 24.5 Å². The van der Waals surface area contributed by atoms with Crippen LogP contribution in [0.3, 0.4) is 0 Å². The van der Waals surface area contributed by atoms with Crippen LogP contribution in [-0.4, -0.2) is 26.9 Å². The smallest absolute Gasteiger partial charge is 0.319 e. The third-order valence-electron chi connectivity index (χ3n) is 3.22. The molecule has 0 unspecified atom stereocenters. The average molecular weight is 304 g/mol. The van der Waals surface area contributed by atoms with Crippen molar-refractivity contribution in [1.82, 2.24) is 5.32 Å². The van der Waals surface area contributed by atoms with Crippen molar-refractivity contribution >= 4 is 11.7 Å². The number of anilines is 1. The molecular formula is C16H20N2O4. The molecule has 0 saturated carbocycles. The summed E-state index contributed by atoms with van der Waals surface area (Å²) in [6.07, 6.45) is 1.56. The van der Waals surface area contributed by atoms with Gasteiger partial charge in [0.2, 0.25) is 0 Å². The van der Waals surface area contributed by atoms with Crippen LogP contribution in [0, 0.1) is 6.92 Å². The lowest BCUT2D eigenvalue weighted by Crippen LogP contribution is -2.34. The van der Waals surface area contributed by atoms with Gasteiger partial charge in [0.05, 0.1) is 20.0 Å². The summed E-state index contributed by atoms with van der Waals surface area (Å²) in [6.45, 7) is 2.23. The van der Waals surface area contributed by atoms with E-state index in [1.807, 2.05) is 19.1 Å².